The van der Waals surface area contributed by atoms with Crippen molar-refractivity contribution < 1.29 is 18.7 Å². The summed E-state index contributed by atoms with van der Waals surface area (Å²) < 4.78 is 29.6. The van der Waals surface area contributed by atoms with Crippen molar-refractivity contribution in [3.05, 3.63) is 53.9 Å². The lowest BCUT2D eigenvalue weighted by Crippen LogP contribution is -2.40. The Kier molecular flexibility index (Phi) is 5.50. The van der Waals surface area contributed by atoms with E-state index in [0.717, 1.165) is 31.4 Å². The van der Waals surface area contributed by atoms with Crippen LogP contribution in [0.3, 0.4) is 0 Å². The van der Waals surface area contributed by atoms with Gasteiger partial charge in [0.25, 0.3) is 0 Å². The Balaban J connectivity index is 1.42. The van der Waals surface area contributed by atoms with Gasteiger partial charge in [0.15, 0.2) is 5.65 Å². The van der Waals surface area contributed by atoms with Crippen LogP contribution in [0.25, 0.3) is 11.2 Å². The Bertz CT molecular complexity index is 1140. The quantitative estimate of drug-likeness (QED) is 0.644. The molecule has 2 N–H and O–H groups in total. The standard InChI is InChI=1S/C23H25F2N5O2/c24-14-3-8-18(25)17(12-14)20-2-1-11-29(20)21-10-9-19-22(28-21)30(13-26-19)23(32)27-15-4-6-16(31)7-5-15/h3,8-10,12-13,15-16,20,31H,1-2,4-7,11H2,(H,27,32)/t15?,16?,20-/m1/s1. The number of benzene rings is 1. The van der Waals surface area contributed by atoms with Crippen LogP contribution in [0.2, 0.25) is 0 Å². The van der Waals surface area contributed by atoms with Gasteiger partial charge in [0, 0.05) is 18.2 Å². The zero-order valence-electron chi connectivity index (χ0n) is 17.5. The van der Waals surface area contributed by atoms with Gasteiger partial charge in [-0.2, -0.15) is 0 Å². The molecule has 1 saturated heterocycles. The number of rotatable bonds is 3. The van der Waals surface area contributed by atoms with Crippen molar-refractivity contribution in [3.63, 3.8) is 0 Å². The van der Waals surface area contributed by atoms with Crippen molar-refractivity contribution >= 4 is 23.0 Å². The van der Waals surface area contributed by atoms with Gasteiger partial charge in [-0.25, -0.2) is 28.1 Å². The number of carbonyl (C=O) groups is 1. The molecule has 2 fully saturated rings. The molecule has 1 saturated carbocycles. The topological polar surface area (TPSA) is 83.3 Å². The molecule has 7 nitrogen and oxygen atoms in total. The Morgan fingerprint density at radius 3 is 2.72 bits per heavy atom. The highest BCUT2D eigenvalue weighted by molar-refractivity contribution is 5.87. The molecule has 168 valence electrons. The van der Waals surface area contributed by atoms with Crippen molar-refractivity contribution in [2.24, 2.45) is 0 Å². The van der Waals surface area contributed by atoms with E-state index < -0.39 is 11.6 Å². The fraction of sp³-hybridized carbons (Fsp3) is 0.435. The molecule has 0 unspecified atom stereocenters. The van der Waals surface area contributed by atoms with Crippen LogP contribution < -0.4 is 10.2 Å². The molecule has 1 aliphatic carbocycles. The molecule has 0 spiro atoms. The van der Waals surface area contributed by atoms with Crippen LogP contribution in [0.4, 0.5) is 19.4 Å². The molecule has 9 heteroatoms. The second kappa shape index (κ2) is 8.46. The Morgan fingerprint density at radius 1 is 1.09 bits per heavy atom. The minimum Gasteiger partial charge on any atom is -0.393 e. The number of halogens is 2. The lowest BCUT2D eigenvalue weighted by molar-refractivity contribution is 0.118. The zero-order chi connectivity index (χ0) is 22.2. The maximum absolute atomic E-state index is 14.4. The van der Waals surface area contributed by atoms with Crippen molar-refractivity contribution in [2.75, 3.05) is 11.4 Å². The molecular weight excluding hydrogens is 416 g/mol. The summed E-state index contributed by atoms with van der Waals surface area (Å²) in [7, 11) is 0. The number of fused-ring (bicyclic) bond motifs is 1. The highest BCUT2D eigenvalue weighted by Gasteiger charge is 2.30. The number of hydrogen-bond acceptors (Lipinski definition) is 5. The fourth-order valence-electron chi connectivity index (χ4n) is 4.79. The number of nitrogens with one attached hydrogen (secondary N) is 1. The summed E-state index contributed by atoms with van der Waals surface area (Å²) in [6, 6.07) is 6.47. The van der Waals surface area contributed by atoms with E-state index in [0.29, 0.717) is 48.4 Å². The van der Waals surface area contributed by atoms with Gasteiger partial charge >= 0.3 is 6.03 Å². The third kappa shape index (κ3) is 3.92. The number of amides is 1. The SMILES string of the molecule is O=C(NC1CCC(O)CC1)n1cnc2ccc(N3CCC[C@@H]3c3cc(F)ccc3F)nc21. The molecule has 3 heterocycles. The van der Waals surface area contributed by atoms with Crippen molar-refractivity contribution in [1.29, 1.82) is 0 Å². The largest absolute Gasteiger partial charge is 0.393 e. The van der Waals surface area contributed by atoms with E-state index in [4.69, 9.17) is 0 Å². The number of anilines is 1. The van der Waals surface area contributed by atoms with Crippen LogP contribution in [0.5, 0.6) is 0 Å². The molecule has 32 heavy (non-hydrogen) atoms. The monoisotopic (exact) mass is 441 g/mol. The first-order valence-electron chi connectivity index (χ1n) is 11.0. The lowest BCUT2D eigenvalue weighted by atomic mass is 9.93. The molecular formula is C23H25F2N5O2. The minimum atomic E-state index is -0.471. The second-order valence-electron chi connectivity index (χ2n) is 8.60. The number of aromatic nitrogens is 3. The normalized spacial score (nSPS) is 23.6. The molecule has 1 aliphatic heterocycles. The molecule has 1 amide bonds. The number of hydrogen-bond donors (Lipinski definition) is 2. The van der Waals surface area contributed by atoms with E-state index in [-0.39, 0.29) is 24.2 Å². The summed E-state index contributed by atoms with van der Waals surface area (Å²) in [5.74, 6) is -0.313. The van der Waals surface area contributed by atoms with E-state index >= 15 is 0 Å². The van der Waals surface area contributed by atoms with Crippen LogP contribution in [0.15, 0.2) is 36.7 Å². The Morgan fingerprint density at radius 2 is 1.91 bits per heavy atom. The average molecular weight is 441 g/mol. The fourth-order valence-corrected chi connectivity index (χ4v) is 4.79. The van der Waals surface area contributed by atoms with Gasteiger partial charge in [-0.15, -0.1) is 0 Å². The maximum Gasteiger partial charge on any atom is 0.328 e. The minimum absolute atomic E-state index is 0.00504. The highest BCUT2D eigenvalue weighted by Crippen LogP contribution is 2.37. The van der Waals surface area contributed by atoms with E-state index in [1.807, 2.05) is 4.90 Å². The van der Waals surface area contributed by atoms with Crippen molar-refractivity contribution in [1.82, 2.24) is 19.9 Å². The smallest absolute Gasteiger partial charge is 0.328 e. The summed E-state index contributed by atoms with van der Waals surface area (Å²) in [4.78, 5) is 23.8. The molecule has 1 aromatic carbocycles. The van der Waals surface area contributed by atoms with E-state index in [9.17, 15) is 18.7 Å². The number of carbonyl (C=O) groups excluding carboxylic acids is 1. The molecule has 2 aromatic heterocycles. The van der Waals surface area contributed by atoms with Gasteiger partial charge in [0.05, 0.1) is 12.1 Å². The third-order valence-corrected chi connectivity index (χ3v) is 6.49. The number of pyridine rings is 1. The summed E-state index contributed by atoms with van der Waals surface area (Å²) in [5.41, 5.74) is 1.31. The van der Waals surface area contributed by atoms with Crippen LogP contribution in [-0.2, 0) is 0 Å². The number of nitrogens with zero attached hydrogens (tertiary/aromatic N) is 4. The van der Waals surface area contributed by atoms with Crippen LogP contribution >= 0.6 is 0 Å². The number of imidazole rings is 1. The predicted octanol–water partition coefficient (Wildman–Crippen LogP) is 3.91. The average Bonchev–Trinajstić information content (AvgIpc) is 3.43. The molecule has 5 rings (SSSR count). The number of aliphatic hydroxyl groups is 1. The van der Waals surface area contributed by atoms with E-state index in [2.05, 4.69) is 15.3 Å². The summed E-state index contributed by atoms with van der Waals surface area (Å²) >= 11 is 0. The lowest BCUT2D eigenvalue weighted by Gasteiger charge is -2.27. The van der Waals surface area contributed by atoms with Crippen molar-refractivity contribution in [3.8, 4) is 0 Å². The molecule has 0 bridgehead atoms. The van der Waals surface area contributed by atoms with Crippen LogP contribution in [-0.4, -0.2) is 44.4 Å². The molecule has 3 aromatic rings. The molecule has 2 aliphatic rings. The van der Waals surface area contributed by atoms with E-state index in [1.165, 1.54) is 17.0 Å². The van der Waals surface area contributed by atoms with Gasteiger partial charge in [-0.3, -0.25) is 0 Å². The van der Waals surface area contributed by atoms with Gasteiger partial charge in [0.2, 0.25) is 0 Å². The second-order valence-corrected chi connectivity index (χ2v) is 8.60. The van der Waals surface area contributed by atoms with Gasteiger partial charge in [-0.05, 0) is 68.9 Å². The van der Waals surface area contributed by atoms with E-state index in [1.54, 1.807) is 12.1 Å². The zero-order valence-corrected chi connectivity index (χ0v) is 17.5. The molecule has 1 atom stereocenters. The molecule has 0 radical (unpaired) electrons. The van der Waals surface area contributed by atoms with Crippen LogP contribution in [0.1, 0.15) is 50.1 Å². The summed E-state index contributed by atoms with van der Waals surface area (Å²) in [5, 5.41) is 12.7. The van der Waals surface area contributed by atoms with Crippen LogP contribution in [0, 0.1) is 11.6 Å². The van der Waals surface area contributed by atoms with Crippen molar-refractivity contribution in [2.45, 2.75) is 56.7 Å². The van der Waals surface area contributed by atoms with Gasteiger partial charge in [0.1, 0.15) is 29.3 Å². The highest BCUT2D eigenvalue weighted by atomic mass is 19.1. The third-order valence-electron chi connectivity index (χ3n) is 6.49. The van der Waals surface area contributed by atoms with Gasteiger partial charge in [-0.1, -0.05) is 0 Å². The maximum atomic E-state index is 14.4. The number of aliphatic hydroxyl groups excluding tert-OH is 1. The van der Waals surface area contributed by atoms with Gasteiger partial charge < -0.3 is 15.3 Å². The summed E-state index contributed by atoms with van der Waals surface area (Å²) in [6.07, 6.45) is 5.47. The predicted molar refractivity (Wildman–Crippen MR) is 115 cm³/mol. The summed E-state index contributed by atoms with van der Waals surface area (Å²) in [6.45, 7) is 0.657. The Labute approximate surface area is 184 Å². The first kappa shape index (κ1) is 20.8. The first-order chi connectivity index (χ1) is 15.5. The Hall–Kier alpha value is -3.07. The first-order valence-corrected chi connectivity index (χ1v) is 11.0.